The van der Waals surface area contributed by atoms with Crippen molar-refractivity contribution in [3.05, 3.63) is 95.8 Å². The quantitative estimate of drug-likeness (QED) is 0.430. The zero-order valence-corrected chi connectivity index (χ0v) is 25.0. The minimum absolute atomic E-state index is 0.0108. The third-order valence-electron chi connectivity index (χ3n) is 8.76. The van der Waals surface area contributed by atoms with Crippen LogP contribution in [0.2, 0.25) is 0 Å². The third-order valence-corrected chi connectivity index (χ3v) is 8.76. The van der Waals surface area contributed by atoms with Gasteiger partial charge in [-0.15, -0.1) is 0 Å². The van der Waals surface area contributed by atoms with Crippen LogP contribution in [0.4, 0.5) is 4.79 Å². The van der Waals surface area contributed by atoms with Gasteiger partial charge in [-0.2, -0.15) is 0 Å². The summed E-state index contributed by atoms with van der Waals surface area (Å²) in [5.74, 6) is -0.266. The summed E-state index contributed by atoms with van der Waals surface area (Å²) in [6.07, 6.45) is 2.93. The van der Waals surface area contributed by atoms with E-state index in [1.54, 1.807) is 57.3 Å². The fourth-order valence-electron chi connectivity index (χ4n) is 6.51. The van der Waals surface area contributed by atoms with Crippen LogP contribution in [0.5, 0.6) is 5.75 Å². The van der Waals surface area contributed by atoms with Gasteiger partial charge in [0.1, 0.15) is 18.0 Å². The van der Waals surface area contributed by atoms with Crippen LogP contribution < -0.4 is 5.32 Å². The number of phenols is 1. The topological polar surface area (TPSA) is 113 Å². The minimum atomic E-state index is -0.806. The fraction of sp³-hybridized carbons (Fsp3) is 0.394. The molecule has 1 unspecified atom stereocenters. The molecular weight excluding hydrogens is 558 g/mol. The summed E-state index contributed by atoms with van der Waals surface area (Å²) < 4.78 is 0. The number of rotatable bonds is 7. The zero-order chi connectivity index (χ0) is 30.6. The van der Waals surface area contributed by atoms with Crippen LogP contribution in [-0.4, -0.2) is 104 Å². The van der Waals surface area contributed by atoms with Gasteiger partial charge in [-0.05, 0) is 48.2 Å². The Balaban J connectivity index is 1.20. The largest absolute Gasteiger partial charge is 0.508 e. The number of fused-ring (bicyclic) bond motifs is 1. The van der Waals surface area contributed by atoms with Gasteiger partial charge in [0.25, 0.3) is 0 Å². The first-order valence-electron chi connectivity index (χ1n) is 15.2. The van der Waals surface area contributed by atoms with Crippen molar-refractivity contribution in [2.45, 2.75) is 50.6 Å². The van der Waals surface area contributed by atoms with Crippen molar-refractivity contribution in [1.29, 1.82) is 0 Å². The molecule has 11 heteroatoms. The number of aromatic nitrogens is 1. The van der Waals surface area contributed by atoms with Gasteiger partial charge in [-0.3, -0.25) is 19.5 Å². The number of hydrogen-bond donors (Lipinski definition) is 2. The SMILES string of the molecule is CN1CC(=O)N2C(CN(Cc3ccccn3)C(=O)[C@@H]2Cc2ccc(O)cc2)N1C(=O)NC1CCN(Cc2ccccc2)CC1. The first-order valence-corrected chi connectivity index (χ1v) is 15.2. The number of hydrogen-bond acceptors (Lipinski definition) is 7. The molecule has 3 aromatic rings. The van der Waals surface area contributed by atoms with Crippen molar-refractivity contribution in [3.8, 4) is 5.75 Å². The Morgan fingerprint density at radius 1 is 0.932 bits per heavy atom. The van der Waals surface area contributed by atoms with Crippen LogP contribution in [-0.2, 0) is 29.1 Å². The number of nitrogens with one attached hydrogen (secondary N) is 1. The van der Waals surface area contributed by atoms with E-state index in [0.717, 1.165) is 43.7 Å². The lowest BCUT2D eigenvalue weighted by molar-refractivity contribution is -0.187. The van der Waals surface area contributed by atoms with Gasteiger partial charge in [0.15, 0.2) is 0 Å². The van der Waals surface area contributed by atoms with Gasteiger partial charge in [0, 0.05) is 45.3 Å². The molecule has 230 valence electrons. The number of piperazine rings is 1. The normalized spacial score (nSPS) is 21.8. The molecule has 2 atom stereocenters. The lowest BCUT2D eigenvalue weighted by atomic mass is 9.98. The van der Waals surface area contributed by atoms with E-state index in [4.69, 9.17) is 0 Å². The van der Waals surface area contributed by atoms with E-state index in [1.807, 2.05) is 24.3 Å². The molecule has 4 heterocycles. The second kappa shape index (κ2) is 13.0. The molecule has 44 heavy (non-hydrogen) atoms. The summed E-state index contributed by atoms with van der Waals surface area (Å²) >= 11 is 0. The number of carbonyl (C=O) groups is 3. The van der Waals surface area contributed by atoms with Crippen molar-refractivity contribution in [2.75, 3.05) is 33.2 Å². The summed E-state index contributed by atoms with van der Waals surface area (Å²) in [5.41, 5.74) is 2.81. The zero-order valence-electron chi connectivity index (χ0n) is 25.0. The minimum Gasteiger partial charge on any atom is -0.508 e. The molecule has 11 nitrogen and oxygen atoms in total. The molecule has 0 bridgehead atoms. The first kappa shape index (κ1) is 29.6. The number of likely N-dealkylation sites (tertiary alicyclic amines) is 1. The van der Waals surface area contributed by atoms with Crippen LogP contribution in [0.3, 0.4) is 0 Å². The molecule has 0 aliphatic carbocycles. The maximum atomic E-state index is 14.0. The highest BCUT2D eigenvalue weighted by molar-refractivity contribution is 5.91. The van der Waals surface area contributed by atoms with Crippen molar-refractivity contribution < 1.29 is 19.5 Å². The summed E-state index contributed by atoms with van der Waals surface area (Å²) in [6, 6.07) is 21.5. The standard InChI is InChI=1S/C33H39N7O4/c1-36-23-31(42)39-29(19-24-10-12-28(41)13-11-24)32(43)38(21-27-9-5-6-16-34-27)22-30(39)40(36)33(44)35-26-14-17-37(18-15-26)20-25-7-3-2-4-8-25/h2-13,16,26,29-30,41H,14-15,17-23H2,1H3,(H,35,44)/t29-,30?/m0/s1. The van der Waals surface area contributed by atoms with E-state index in [-0.39, 0.29) is 55.7 Å². The average Bonchev–Trinajstić information content (AvgIpc) is 3.02. The molecule has 0 spiro atoms. The van der Waals surface area contributed by atoms with E-state index in [0.29, 0.717) is 0 Å². The van der Waals surface area contributed by atoms with Gasteiger partial charge >= 0.3 is 6.03 Å². The Morgan fingerprint density at radius 3 is 2.36 bits per heavy atom. The Hall–Kier alpha value is -4.48. The Kier molecular flexibility index (Phi) is 8.76. The van der Waals surface area contributed by atoms with Gasteiger partial charge < -0.3 is 20.2 Å². The number of aromatic hydroxyl groups is 1. The predicted octanol–water partition coefficient (Wildman–Crippen LogP) is 2.43. The molecule has 0 saturated carbocycles. The van der Waals surface area contributed by atoms with Crippen LogP contribution in [0.25, 0.3) is 0 Å². The van der Waals surface area contributed by atoms with Crippen LogP contribution in [0.15, 0.2) is 79.0 Å². The maximum Gasteiger partial charge on any atom is 0.334 e. The number of amides is 4. The molecule has 3 aliphatic rings. The molecule has 3 aliphatic heterocycles. The van der Waals surface area contributed by atoms with Gasteiger partial charge in [0.2, 0.25) is 11.8 Å². The van der Waals surface area contributed by atoms with E-state index in [9.17, 15) is 19.5 Å². The highest BCUT2D eigenvalue weighted by Crippen LogP contribution is 2.29. The molecule has 4 amide bonds. The van der Waals surface area contributed by atoms with Crippen LogP contribution in [0.1, 0.15) is 29.7 Å². The molecule has 1 aromatic heterocycles. The van der Waals surface area contributed by atoms with Crippen LogP contribution >= 0.6 is 0 Å². The van der Waals surface area contributed by atoms with Gasteiger partial charge in [-0.1, -0.05) is 48.5 Å². The molecule has 3 saturated heterocycles. The number of phenolic OH excluding ortho intramolecular Hbond substituents is 1. The number of nitrogens with zero attached hydrogens (tertiary/aromatic N) is 6. The highest BCUT2D eigenvalue weighted by Gasteiger charge is 2.51. The highest BCUT2D eigenvalue weighted by atomic mass is 16.3. The van der Waals surface area contributed by atoms with Gasteiger partial charge in [0.05, 0.1) is 25.3 Å². The number of benzene rings is 2. The fourth-order valence-corrected chi connectivity index (χ4v) is 6.51. The Bertz CT molecular complexity index is 1450. The summed E-state index contributed by atoms with van der Waals surface area (Å²) in [4.78, 5) is 51.5. The Labute approximate surface area is 257 Å². The van der Waals surface area contributed by atoms with E-state index in [2.05, 4.69) is 39.5 Å². The number of likely N-dealkylation sites (N-methyl/N-ethyl adjacent to an activating group) is 1. The average molecular weight is 598 g/mol. The van der Waals surface area contributed by atoms with Crippen LogP contribution in [0, 0.1) is 0 Å². The molecular formula is C33H39N7O4. The number of carbonyl (C=O) groups excluding carboxylic acids is 3. The lowest BCUT2D eigenvalue weighted by Crippen LogP contribution is -2.76. The second-order valence-electron chi connectivity index (χ2n) is 11.9. The van der Waals surface area contributed by atoms with E-state index in [1.165, 1.54) is 5.56 Å². The van der Waals surface area contributed by atoms with Crippen molar-refractivity contribution in [2.24, 2.45) is 0 Å². The Morgan fingerprint density at radius 2 is 1.66 bits per heavy atom. The first-order chi connectivity index (χ1) is 21.4. The molecule has 2 N–H and O–H groups in total. The monoisotopic (exact) mass is 597 g/mol. The number of piperidine rings is 1. The molecule has 2 aromatic carbocycles. The number of pyridine rings is 1. The lowest BCUT2D eigenvalue weighted by Gasteiger charge is -2.54. The van der Waals surface area contributed by atoms with Crippen molar-refractivity contribution in [3.63, 3.8) is 0 Å². The van der Waals surface area contributed by atoms with Crippen molar-refractivity contribution >= 4 is 17.8 Å². The summed E-state index contributed by atoms with van der Waals surface area (Å²) in [6.45, 7) is 3.07. The molecule has 0 radical (unpaired) electrons. The maximum absolute atomic E-state index is 14.0. The van der Waals surface area contributed by atoms with E-state index < -0.39 is 12.2 Å². The van der Waals surface area contributed by atoms with E-state index >= 15 is 0 Å². The predicted molar refractivity (Wildman–Crippen MR) is 164 cm³/mol. The number of hydrazine groups is 1. The smallest absolute Gasteiger partial charge is 0.334 e. The van der Waals surface area contributed by atoms with Gasteiger partial charge in [-0.25, -0.2) is 14.8 Å². The third kappa shape index (κ3) is 6.53. The second-order valence-corrected chi connectivity index (χ2v) is 11.9. The van der Waals surface area contributed by atoms with Crippen molar-refractivity contribution in [1.82, 2.24) is 35.0 Å². The molecule has 6 rings (SSSR count). The summed E-state index contributed by atoms with van der Waals surface area (Å²) in [7, 11) is 1.74. The molecule has 3 fully saturated rings. The summed E-state index contributed by atoms with van der Waals surface area (Å²) in [5, 5.41) is 16.3. The number of urea groups is 1.